The molecular weight excluding hydrogens is 250 g/mol. The van der Waals surface area contributed by atoms with E-state index in [9.17, 15) is 13.5 Å². The van der Waals surface area contributed by atoms with Gasteiger partial charge in [-0.05, 0) is 25.0 Å². The van der Waals surface area contributed by atoms with Crippen LogP contribution in [0.5, 0.6) is 0 Å². The van der Waals surface area contributed by atoms with Crippen LogP contribution in [-0.4, -0.2) is 25.7 Å². The van der Waals surface area contributed by atoms with Crippen LogP contribution >= 0.6 is 0 Å². The van der Waals surface area contributed by atoms with E-state index in [1.165, 1.54) is 0 Å². The zero-order valence-electron chi connectivity index (χ0n) is 10.3. The van der Waals surface area contributed by atoms with Crippen LogP contribution in [0.1, 0.15) is 32.1 Å². The molecule has 18 heavy (non-hydrogen) atoms. The lowest BCUT2D eigenvalue weighted by molar-refractivity contribution is 0.00945. The van der Waals surface area contributed by atoms with Crippen LogP contribution in [0, 0.1) is 0 Å². The molecule has 4 nitrogen and oxygen atoms in total. The van der Waals surface area contributed by atoms with Crippen molar-refractivity contribution in [2.45, 2.75) is 42.6 Å². The van der Waals surface area contributed by atoms with Crippen molar-refractivity contribution >= 4 is 10.0 Å². The quantitative estimate of drug-likeness (QED) is 0.873. The minimum absolute atomic E-state index is 0.101. The van der Waals surface area contributed by atoms with Gasteiger partial charge < -0.3 is 5.11 Å². The first-order valence-corrected chi connectivity index (χ1v) is 7.77. The highest BCUT2D eigenvalue weighted by atomic mass is 32.2. The highest BCUT2D eigenvalue weighted by Gasteiger charge is 2.30. The first-order chi connectivity index (χ1) is 8.52. The second-order valence-electron chi connectivity index (χ2n) is 4.92. The normalized spacial score (nSPS) is 19.6. The van der Waals surface area contributed by atoms with Crippen molar-refractivity contribution in [2.24, 2.45) is 0 Å². The van der Waals surface area contributed by atoms with E-state index in [1.54, 1.807) is 30.3 Å². The largest absolute Gasteiger partial charge is 0.389 e. The molecule has 2 rings (SSSR count). The minimum atomic E-state index is -3.51. The van der Waals surface area contributed by atoms with E-state index in [0.29, 0.717) is 12.8 Å². The molecular formula is C13H19NO3S. The highest BCUT2D eigenvalue weighted by molar-refractivity contribution is 7.89. The SMILES string of the molecule is O=S(=O)(NCC1(O)CCCCC1)c1ccccc1. The van der Waals surface area contributed by atoms with Gasteiger partial charge in [0.2, 0.25) is 10.0 Å². The molecule has 0 saturated heterocycles. The van der Waals surface area contributed by atoms with Crippen molar-refractivity contribution in [1.82, 2.24) is 4.72 Å². The average Bonchev–Trinajstić information content (AvgIpc) is 2.39. The number of sulfonamides is 1. The molecule has 0 spiro atoms. The van der Waals surface area contributed by atoms with Gasteiger partial charge in [0.15, 0.2) is 0 Å². The Balaban J connectivity index is 2.01. The summed E-state index contributed by atoms with van der Waals surface area (Å²) in [4.78, 5) is 0.240. The van der Waals surface area contributed by atoms with Gasteiger partial charge in [-0.3, -0.25) is 0 Å². The molecule has 0 unspecified atom stereocenters. The first kappa shape index (κ1) is 13.5. The van der Waals surface area contributed by atoms with Gasteiger partial charge in [-0.15, -0.1) is 0 Å². The van der Waals surface area contributed by atoms with E-state index < -0.39 is 15.6 Å². The summed E-state index contributed by atoms with van der Waals surface area (Å²) in [5, 5.41) is 10.3. The Morgan fingerprint density at radius 3 is 2.33 bits per heavy atom. The molecule has 5 heteroatoms. The lowest BCUT2D eigenvalue weighted by Gasteiger charge is -2.32. The lowest BCUT2D eigenvalue weighted by atomic mass is 9.85. The minimum Gasteiger partial charge on any atom is -0.389 e. The summed E-state index contributed by atoms with van der Waals surface area (Å²) in [5.74, 6) is 0. The maximum Gasteiger partial charge on any atom is 0.240 e. The third kappa shape index (κ3) is 3.31. The molecule has 0 amide bonds. The van der Waals surface area contributed by atoms with Crippen molar-refractivity contribution in [3.63, 3.8) is 0 Å². The molecule has 0 aromatic heterocycles. The standard InChI is InChI=1S/C13H19NO3S/c15-13(9-5-2-6-10-13)11-14-18(16,17)12-7-3-1-4-8-12/h1,3-4,7-8,14-15H,2,5-6,9-11H2. The molecule has 100 valence electrons. The molecule has 0 bridgehead atoms. The zero-order chi connectivity index (χ0) is 13.1. The molecule has 1 aliphatic carbocycles. The van der Waals surface area contributed by atoms with Crippen molar-refractivity contribution in [1.29, 1.82) is 0 Å². The monoisotopic (exact) mass is 269 g/mol. The van der Waals surface area contributed by atoms with Crippen molar-refractivity contribution < 1.29 is 13.5 Å². The fourth-order valence-electron chi connectivity index (χ4n) is 2.30. The zero-order valence-corrected chi connectivity index (χ0v) is 11.1. The number of benzene rings is 1. The van der Waals surface area contributed by atoms with E-state index in [4.69, 9.17) is 0 Å². The van der Waals surface area contributed by atoms with Gasteiger partial charge in [-0.1, -0.05) is 37.5 Å². The van der Waals surface area contributed by atoms with E-state index >= 15 is 0 Å². The van der Waals surface area contributed by atoms with Crippen LogP contribution in [0.15, 0.2) is 35.2 Å². The Morgan fingerprint density at radius 2 is 1.72 bits per heavy atom. The number of hydrogen-bond donors (Lipinski definition) is 2. The molecule has 1 saturated carbocycles. The van der Waals surface area contributed by atoms with Gasteiger partial charge in [0.1, 0.15) is 0 Å². The van der Waals surface area contributed by atoms with E-state index in [1.807, 2.05) is 0 Å². The van der Waals surface area contributed by atoms with Gasteiger partial charge in [-0.25, -0.2) is 13.1 Å². The van der Waals surface area contributed by atoms with E-state index in [2.05, 4.69) is 4.72 Å². The van der Waals surface area contributed by atoms with E-state index in [0.717, 1.165) is 19.3 Å². The summed E-state index contributed by atoms with van der Waals surface area (Å²) in [7, 11) is -3.51. The third-order valence-corrected chi connectivity index (χ3v) is 4.85. The Bertz CT molecular complexity index is 478. The Morgan fingerprint density at radius 1 is 1.11 bits per heavy atom. The van der Waals surface area contributed by atoms with Gasteiger partial charge in [0.05, 0.1) is 10.5 Å². The maximum atomic E-state index is 12.0. The Labute approximate surface area is 108 Å². The van der Waals surface area contributed by atoms with Gasteiger partial charge >= 0.3 is 0 Å². The van der Waals surface area contributed by atoms with Crippen molar-refractivity contribution in [2.75, 3.05) is 6.54 Å². The number of hydrogen-bond acceptors (Lipinski definition) is 3. The Kier molecular flexibility index (Phi) is 4.04. The van der Waals surface area contributed by atoms with Crippen LogP contribution in [0.25, 0.3) is 0 Å². The van der Waals surface area contributed by atoms with Crippen LogP contribution in [0.3, 0.4) is 0 Å². The second-order valence-corrected chi connectivity index (χ2v) is 6.69. The van der Waals surface area contributed by atoms with Crippen LogP contribution in [0.2, 0.25) is 0 Å². The second kappa shape index (κ2) is 5.38. The van der Waals surface area contributed by atoms with E-state index in [-0.39, 0.29) is 11.4 Å². The molecule has 2 N–H and O–H groups in total. The van der Waals surface area contributed by atoms with Gasteiger partial charge in [0.25, 0.3) is 0 Å². The summed E-state index contributed by atoms with van der Waals surface area (Å²) < 4.78 is 26.5. The van der Waals surface area contributed by atoms with Crippen LogP contribution in [0.4, 0.5) is 0 Å². The lowest BCUT2D eigenvalue weighted by Crippen LogP contribution is -2.44. The van der Waals surface area contributed by atoms with Crippen LogP contribution in [-0.2, 0) is 10.0 Å². The molecule has 0 heterocycles. The number of aliphatic hydroxyl groups is 1. The average molecular weight is 269 g/mol. The molecule has 0 radical (unpaired) electrons. The smallest absolute Gasteiger partial charge is 0.240 e. The fourth-order valence-corrected chi connectivity index (χ4v) is 3.44. The number of nitrogens with one attached hydrogen (secondary N) is 1. The van der Waals surface area contributed by atoms with Gasteiger partial charge in [-0.2, -0.15) is 0 Å². The molecule has 0 atom stereocenters. The predicted molar refractivity (Wildman–Crippen MR) is 69.7 cm³/mol. The van der Waals surface area contributed by atoms with Crippen molar-refractivity contribution in [3.8, 4) is 0 Å². The molecule has 1 fully saturated rings. The molecule has 1 aliphatic rings. The summed E-state index contributed by atoms with van der Waals surface area (Å²) in [6, 6.07) is 8.24. The highest BCUT2D eigenvalue weighted by Crippen LogP contribution is 2.27. The topological polar surface area (TPSA) is 66.4 Å². The van der Waals surface area contributed by atoms with Crippen molar-refractivity contribution in [3.05, 3.63) is 30.3 Å². The van der Waals surface area contributed by atoms with Gasteiger partial charge in [0, 0.05) is 6.54 Å². The number of rotatable bonds is 4. The van der Waals surface area contributed by atoms with Crippen LogP contribution < -0.4 is 4.72 Å². The summed E-state index contributed by atoms with van der Waals surface area (Å²) in [6.45, 7) is 0.101. The predicted octanol–water partition coefficient (Wildman–Crippen LogP) is 1.66. The summed E-state index contributed by atoms with van der Waals surface area (Å²) in [5.41, 5.74) is -0.875. The fraction of sp³-hybridized carbons (Fsp3) is 0.538. The maximum absolute atomic E-state index is 12.0. The first-order valence-electron chi connectivity index (χ1n) is 6.29. The summed E-state index contributed by atoms with van der Waals surface area (Å²) in [6.07, 6.45) is 4.38. The third-order valence-electron chi connectivity index (χ3n) is 3.43. The summed E-state index contributed by atoms with van der Waals surface area (Å²) >= 11 is 0. The molecule has 1 aromatic carbocycles. The molecule has 0 aliphatic heterocycles. The Hall–Kier alpha value is -0.910. The molecule has 1 aromatic rings.